The fourth-order valence-corrected chi connectivity index (χ4v) is 2.16. The summed E-state index contributed by atoms with van der Waals surface area (Å²) >= 11 is 0. The van der Waals surface area contributed by atoms with Crippen molar-refractivity contribution in [3.63, 3.8) is 0 Å². The second-order valence-electron chi connectivity index (χ2n) is 6.62. The first-order valence-electron chi connectivity index (χ1n) is 7.15. The van der Waals surface area contributed by atoms with Gasteiger partial charge in [-0.2, -0.15) is 0 Å². The number of hydrogen-bond acceptors (Lipinski definition) is 4. The van der Waals surface area contributed by atoms with Gasteiger partial charge in [-0.1, -0.05) is 27.7 Å². The number of rotatable bonds is 9. The molecule has 0 saturated carbocycles. The maximum absolute atomic E-state index is 12.8. The molecule has 0 spiro atoms. The van der Waals surface area contributed by atoms with Crippen LogP contribution in [0.25, 0.3) is 0 Å². The Hall–Kier alpha value is -1.04. The van der Waals surface area contributed by atoms with E-state index in [1.807, 2.05) is 13.8 Å². The van der Waals surface area contributed by atoms with E-state index in [0.29, 0.717) is 6.42 Å². The number of ketones is 1. The van der Waals surface area contributed by atoms with Crippen LogP contribution in [0.4, 0.5) is 8.78 Å². The molecule has 0 radical (unpaired) electrons. The summed E-state index contributed by atoms with van der Waals surface area (Å²) in [7, 11) is 1.26. The van der Waals surface area contributed by atoms with Crippen molar-refractivity contribution in [2.75, 3.05) is 7.11 Å². The summed E-state index contributed by atoms with van der Waals surface area (Å²) in [5.41, 5.74) is 4.40. The summed E-state index contributed by atoms with van der Waals surface area (Å²) in [6.07, 6.45) is -2.23. The molecule has 6 heteroatoms. The quantitative estimate of drug-likeness (QED) is 0.665. The average Bonchev–Trinajstić information content (AvgIpc) is 2.35. The smallest absolute Gasteiger partial charge is 0.309 e. The molecular weight excluding hydrogens is 280 g/mol. The lowest BCUT2D eigenvalue weighted by atomic mass is 9.82. The Bertz CT molecular complexity index is 357. The van der Waals surface area contributed by atoms with Crippen LogP contribution in [0, 0.1) is 17.3 Å². The average molecular weight is 307 g/mol. The Kier molecular flexibility index (Phi) is 8.00. The third kappa shape index (κ3) is 6.98. The Morgan fingerprint density at radius 3 is 2.14 bits per heavy atom. The first-order valence-corrected chi connectivity index (χ1v) is 7.15. The molecule has 2 N–H and O–H groups in total. The highest BCUT2D eigenvalue weighted by atomic mass is 19.3. The zero-order valence-electron chi connectivity index (χ0n) is 13.5. The van der Waals surface area contributed by atoms with Gasteiger partial charge in [0.15, 0.2) is 0 Å². The minimum Gasteiger partial charge on any atom is -0.469 e. The monoisotopic (exact) mass is 307 g/mol. The first kappa shape index (κ1) is 20.0. The lowest BCUT2D eigenvalue weighted by Gasteiger charge is -2.27. The van der Waals surface area contributed by atoms with Gasteiger partial charge in [0.05, 0.1) is 19.1 Å². The van der Waals surface area contributed by atoms with Crippen molar-refractivity contribution in [3.05, 3.63) is 0 Å². The normalized spacial score (nSPS) is 15.1. The minimum absolute atomic E-state index is 0.0641. The number of esters is 1. The van der Waals surface area contributed by atoms with Gasteiger partial charge in [-0.15, -0.1) is 0 Å². The molecule has 21 heavy (non-hydrogen) atoms. The number of ether oxygens (including phenoxy) is 1. The van der Waals surface area contributed by atoms with Crippen molar-refractivity contribution in [2.24, 2.45) is 23.0 Å². The molecule has 0 heterocycles. The molecule has 0 aliphatic heterocycles. The molecule has 4 nitrogen and oxygen atoms in total. The number of carbonyl (C=O) groups is 2. The Morgan fingerprint density at radius 1 is 1.24 bits per heavy atom. The predicted molar refractivity (Wildman–Crippen MR) is 77.0 cm³/mol. The van der Waals surface area contributed by atoms with E-state index in [9.17, 15) is 18.4 Å². The maximum Gasteiger partial charge on any atom is 0.309 e. The predicted octanol–water partition coefficient (Wildman–Crippen LogP) is 2.79. The van der Waals surface area contributed by atoms with Crippen LogP contribution in [0.5, 0.6) is 0 Å². The second kappa shape index (κ2) is 8.41. The number of hydrogen-bond donors (Lipinski definition) is 1. The van der Waals surface area contributed by atoms with Gasteiger partial charge in [-0.05, 0) is 18.8 Å². The van der Waals surface area contributed by atoms with Crippen molar-refractivity contribution >= 4 is 11.8 Å². The van der Waals surface area contributed by atoms with Crippen LogP contribution in [-0.4, -0.2) is 31.3 Å². The second-order valence-corrected chi connectivity index (χ2v) is 6.62. The number of methoxy groups -OCH3 is 1. The summed E-state index contributed by atoms with van der Waals surface area (Å²) < 4.78 is 30.3. The van der Waals surface area contributed by atoms with E-state index in [2.05, 4.69) is 4.74 Å². The molecule has 2 atom stereocenters. The van der Waals surface area contributed by atoms with E-state index in [4.69, 9.17) is 5.73 Å². The number of halogens is 2. The van der Waals surface area contributed by atoms with Crippen molar-refractivity contribution in [2.45, 2.75) is 59.4 Å². The summed E-state index contributed by atoms with van der Waals surface area (Å²) in [6, 6.07) is -0.992. The van der Waals surface area contributed by atoms with E-state index in [1.54, 1.807) is 0 Å². The molecule has 0 saturated heterocycles. The minimum atomic E-state index is -2.55. The van der Waals surface area contributed by atoms with Crippen molar-refractivity contribution in [1.82, 2.24) is 0 Å². The summed E-state index contributed by atoms with van der Waals surface area (Å²) in [5, 5.41) is 0. The Labute approximate surface area is 125 Å². The van der Waals surface area contributed by atoms with Crippen molar-refractivity contribution in [3.8, 4) is 0 Å². The van der Waals surface area contributed by atoms with Crippen LogP contribution >= 0.6 is 0 Å². The highest BCUT2D eigenvalue weighted by molar-refractivity contribution is 5.88. The lowest BCUT2D eigenvalue weighted by Crippen LogP contribution is -2.39. The van der Waals surface area contributed by atoms with Crippen LogP contribution in [0.3, 0.4) is 0 Å². The summed E-state index contributed by atoms with van der Waals surface area (Å²) in [4.78, 5) is 23.7. The molecule has 0 aromatic heterocycles. The number of carbonyl (C=O) groups excluding carboxylic acids is 2. The van der Waals surface area contributed by atoms with E-state index in [-0.39, 0.29) is 24.5 Å². The number of nitrogens with two attached hydrogens (primary N) is 1. The van der Waals surface area contributed by atoms with Crippen LogP contribution in [0.2, 0.25) is 0 Å². The largest absolute Gasteiger partial charge is 0.469 e. The number of Topliss-reactive ketones (excluding diaryl/α,β-unsaturated/α-hetero) is 1. The van der Waals surface area contributed by atoms with Gasteiger partial charge < -0.3 is 10.5 Å². The fourth-order valence-electron chi connectivity index (χ4n) is 2.16. The van der Waals surface area contributed by atoms with Crippen LogP contribution in [0.1, 0.15) is 47.0 Å². The van der Waals surface area contributed by atoms with E-state index >= 15 is 0 Å². The molecule has 0 aromatic rings. The molecule has 0 aliphatic rings. The third-order valence-electron chi connectivity index (χ3n) is 3.49. The topological polar surface area (TPSA) is 69.4 Å². The third-order valence-corrected chi connectivity index (χ3v) is 3.49. The van der Waals surface area contributed by atoms with Gasteiger partial charge in [-0.3, -0.25) is 9.59 Å². The zero-order valence-corrected chi connectivity index (χ0v) is 13.5. The summed E-state index contributed by atoms with van der Waals surface area (Å²) in [6.45, 7) is 6.61. The molecule has 124 valence electrons. The molecule has 0 amide bonds. The van der Waals surface area contributed by atoms with Crippen molar-refractivity contribution < 1.29 is 23.1 Å². The fraction of sp³-hybridized carbons (Fsp3) is 0.867. The molecular formula is C15H27F2NO3. The van der Waals surface area contributed by atoms with Crippen molar-refractivity contribution in [1.29, 1.82) is 0 Å². The SMILES string of the molecule is COC(=O)[C@@H](CC(=O)[C@@H](N)CC(C)(C)C(F)F)CC(C)C. The standard InChI is InChI=1S/C15H27F2NO3/c1-9(2)6-10(13(20)21-5)7-12(19)11(18)8-15(3,4)14(16)17/h9-11,14H,6-8,18H2,1-5H3/t10-,11+/m1/s1. The highest BCUT2D eigenvalue weighted by Gasteiger charge is 2.34. The maximum atomic E-state index is 12.8. The van der Waals surface area contributed by atoms with Gasteiger partial charge >= 0.3 is 5.97 Å². The summed E-state index contributed by atoms with van der Waals surface area (Å²) in [5.74, 6) is -1.18. The Morgan fingerprint density at radius 2 is 1.76 bits per heavy atom. The number of alkyl halides is 2. The van der Waals surface area contributed by atoms with Crippen LogP contribution < -0.4 is 5.73 Å². The zero-order chi connectivity index (χ0) is 16.8. The first-order chi connectivity index (χ1) is 9.51. The molecule has 0 rings (SSSR count). The molecule has 0 fully saturated rings. The van der Waals surface area contributed by atoms with E-state index < -0.39 is 29.8 Å². The molecule has 0 aliphatic carbocycles. The lowest BCUT2D eigenvalue weighted by molar-refractivity contribution is -0.148. The van der Waals surface area contributed by atoms with Gasteiger partial charge in [0.1, 0.15) is 5.78 Å². The van der Waals surface area contributed by atoms with Gasteiger partial charge in [0.25, 0.3) is 0 Å². The molecule has 0 aromatic carbocycles. The van der Waals surface area contributed by atoms with Gasteiger partial charge in [0.2, 0.25) is 6.43 Å². The van der Waals surface area contributed by atoms with Gasteiger partial charge in [0, 0.05) is 11.8 Å². The molecule has 0 bridgehead atoms. The highest BCUT2D eigenvalue weighted by Crippen LogP contribution is 2.30. The van der Waals surface area contributed by atoms with E-state index in [1.165, 1.54) is 21.0 Å². The Balaban J connectivity index is 4.71. The van der Waals surface area contributed by atoms with Gasteiger partial charge in [-0.25, -0.2) is 8.78 Å². The van der Waals surface area contributed by atoms with Crippen LogP contribution in [-0.2, 0) is 14.3 Å². The van der Waals surface area contributed by atoms with E-state index in [0.717, 1.165) is 0 Å². The van der Waals surface area contributed by atoms with Crippen LogP contribution in [0.15, 0.2) is 0 Å². The molecule has 0 unspecified atom stereocenters.